The van der Waals surface area contributed by atoms with E-state index in [1.807, 2.05) is 11.0 Å². The topological polar surface area (TPSA) is 58.8 Å². The second-order valence-electron chi connectivity index (χ2n) is 6.09. The molecule has 124 valence electrons. The van der Waals surface area contributed by atoms with E-state index in [-0.39, 0.29) is 11.9 Å². The summed E-state index contributed by atoms with van der Waals surface area (Å²) in [5.41, 5.74) is 7.97. The third kappa shape index (κ3) is 3.92. The molecular formula is C18H25N3O2. The van der Waals surface area contributed by atoms with Gasteiger partial charge in [0.1, 0.15) is 0 Å². The van der Waals surface area contributed by atoms with Crippen LogP contribution in [0.5, 0.6) is 0 Å². The third-order valence-electron chi connectivity index (χ3n) is 4.62. The van der Waals surface area contributed by atoms with Crippen molar-refractivity contribution in [3.8, 4) is 0 Å². The molecule has 1 aromatic carbocycles. The number of nitrogens with zero attached hydrogens (tertiary/aromatic N) is 2. The van der Waals surface area contributed by atoms with Crippen molar-refractivity contribution in [2.24, 2.45) is 5.73 Å². The van der Waals surface area contributed by atoms with Crippen LogP contribution in [-0.4, -0.2) is 56.2 Å². The van der Waals surface area contributed by atoms with Crippen LogP contribution >= 0.6 is 0 Å². The van der Waals surface area contributed by atoms with E-state index < -0.39 is 0 Å². The fourth-order valence-electron chi connectivity index (χ4n) is 3.25. The normalized spacial score (nSPS) is 22.0. The van der Waals surface area contributed by atoms with Gasteiger partial charge in [0.15, 0.2) is 0 Å². The van der Waals surface area contributed by atoms with Crippen molar-refractivity contribution >= 4 is 17.7 Å². The van der Waals surface area contributed by atoms with Crippen LogP contribution in [0.2, 0.25) is 0 Å². The van der Waals surface area contributed by atoms with Crippen LogP contribution in [0.4, 0.5) is 5.69 Å². The summed E-state index contributed by atoms with van der Waals surface area (Å²) in [5.74, 6) is 0.0650. The number of carbonyl (C=O) groups is 1. The van der Waals surface area contributed by atoms with Gasteiger partial charge < -0.3 is 20.3 Å². The number of nitrogens with two attached hydrogens (primary N) is 1. The Balaban J connectivity index is 1.60. The molecule has 0 spiro atoms. The highest BCUT2D eigenvalue weighted by Gasteiger charge is 2.25. The van der Waals surface area contributed by atoms with Crippen molar-refractivity contribution < 1.29 is 9.53 Å². The van der Waals surface area contributed by atoms with Gasteiger partial charge in [-0.2, -0.15) is 0 Å². The first kappa shape index (κ1) is 16.0. The van der Waals surface area contributed by atoms with E-state index in [1.165, 1.54) is 5.69 Å². The zero-order valence-electron chi connectivity index (χ0n) is 13.5. The fraction of sp³-hybridized carbons (Fsp3) is 0.500. The van der Waals surface area contributed by atoms with E-state index in [1.54, 1.807) is 6.08 Å². The molecule has 1 unspecified atom stereocenters. The van der Waals surface area contributed by atoms with Gasteiger partial charge in [-0.15, -0.1) is 0 Å². The summed E-state index contributed by atoms with van der Waals surface area (Å²) in [6.07, 6.45) is 5.62. The van der Waals surface area contributed by atoms with Gasteiger partial charge in [0, 0.05) is 44.0 Å². The first-order chi connectivity index (χ1) is 11.3. The monoisotopic (exact) mass is 315 g/mol. The molecule has 2 N–H and O–H groups in total. The van der Waals surface area contributed by atoms with E-state index in [9.17, 15) is 4.79 Å². The third-order valence-corrected chi connectivity index (χ3v) is 4.62. The fourth-order valence-corrected chi connectivity index (χ4v) is 3.25. The number of amides is 1. The molecule has 2 fully saturated rings. The molecule has 0 radical (unpaired) electrons. The number of benzene rings is 1. The summed E-state index contributed by atoms with van der Waals surface area (Å²) in [6, 6.07) is 8.52. The van der Waals surface area contributed by atoms with E-state index in [0.717, 1.165) is 51.3 Å². The van der Waals surface area contributed by atoms with Crippen LogP contribution in [-0.2, 0) is 9.53 Å². The molecule has 1 amide bonds. The molecule has 0 bridgehead atoms. The number of rotatable bonds is 4. The van der Waals surface area contributed by atoms with Gasteiger partial charge in [0.2, 0.25) is 5.91 Å². The number of hydrogen-bond donors (Lipinski definition) is 1. The molecule has 5 nitrogen and oxygen atoms in total. The molecule has 5 heteroatoms. The van der Waals surface area contributed by atoms with Gasteiger partial charge >= 0.3 is 0 Å². The van der Waals surface area contributed by atoms with Crippen LogP contribution in [0, 0.1) is 0 Å². The lowest BCUT2D eigenvalue weighted by atomic mass is 10.1. The van der Waals surface area contributed by atoms with E-state index >= 15 is 0 Å². The Morgan fingerprint density at radius 2 is 1.96 bits per heavy atom. The molecule has 3 rings (SSSR count). The first-order valence-corrected chi connectivity index (χ1v) is 8.39. The number of likely N-dealkylation sites (tertiary alicyclic amines) is 1. The molecule has 0 saturated carbocycles. The summed E-state index contributed by atoms with van der Waals surface area (Å²) in [4.78, 5) is 16.5. The Labute approximate surface area is 137 Å². The standard InChI is InChI=1S/C18H25N3O2/c19-14-17-2-1-9-21(17)18(22)8-5-15-3-6-16(7-4-15)20-10-12-23-13-11-20/h3-8,17H,1-2,9-14,19H2/b8-5+. The van der Waals surface area contributed by atoms with Crippen LogP contribution in [0.25, 0.3) is 6.08 Å². The lowest BCUT2D eigenvalue weighted by Crippen LogP contribution is -2.38. The number of anilines is 1. The minimum Gasteiger partial charge on any atom is -0.378 e. The lowest BCUT2D eigenvalue weighted by Gasteiger charge is -2.28. The minimum atomic E-state index is 0.0650. The molecule has 1 atom stereocenters. The molecule has 1 aromatic rings. The van der Waals surface area contributed by atoms with Crippen molar-refractivity contribution in [3.63, 3.8) is 0 Å². The zero-order chi connectivity index (χ0) is 16.1. The smallest absolute Gasteiger partial charge is 0.246 e. The predicted molar refractivity (Wildman–Crippen MR) is 92.3 cm³/mol. The average Bonchev–Trinajstić information content (AvgIpc) is 3.10. The van der Waals surface area contributed by atoms with Crippen molar-refractivity contribution in [2.45, 2.75) is 18.9 Å². The van der Waals surface area contributed by atoms with Crippen LogP contribution in [0.15, 0.2) is 30.3 Å². The molecule has 2 aliphatic heterocycles. The maximum absolute atomic E-state index is 12.3. The zero-order valence-corrected chi connectivity index (χ0v) is 13.5. The summed E-state index contributed by atoms with van der Waals surface area (Å²) in [7, 11) is 0. The first-order valence-electron chi connectivity index (χ1n) is 8.39. The second-order valence-corrected chi connectivity index (χ2v) is 6.09. The molecule has 2 heterocycles. The van der Waals surface area contributed by atoms with Crippen LogP contribution in [0.1, 0.15) is 18.4 Å². The summed E-state index contributed by atoms with van der Waals surface area (Å²) in [6.45, 7) is 4.81. The second kappa shape index (κ2) is 7.62. The van der Waals surface area contributed by atoms with Crippen molar-refractivity contribution in [2.75, 3.05) is 44.3 Å². The Hall–Kier alpha value is -1.85. The molecule has 0 aromatic heterocycles. The predicted octanol–water partition coefficient (Wildman–Crippen LogP) is 1.49. The maximum atomic E-state index is 12.3. The Kier molecular flexibility index (Phi) is 5.31. The van der Waals surface area contributed by atoms with Gasteiger partial charge in [-0.1, -0.05) is 12.1 Å². The Morgan fingerprint density at radius 1 is 1.22 bits per heavy atom. The quantitative estimate of drug-likeness (QED) is 0.855. The van der Waals surface area contributed by atoms with Gasteiger partial charge in [0.25, 0.3) is 0 Å². The summed E-state index contributed by atoms with van der Waals surface area (Å²) >= 11 is 0. The number of carbonyl (C=O) groups excluding carboxylic acids is 1. The Bertz CT molecular complexity index is 550. The summed E-state index contributed by atoms with van der Waals surface area (Å²) in [5, 5.41) is 0. The highest BCUT2D eigenvalue weighted by atomic mass is 16.5. The number of hydrogen-bond acceptors (Lipinski definition) is 4. The van der Waals surface area contributed by atoms with Gasteiger partial charge in [-0.3, -0.25) is 4.79 Å². The minimum absolute atomic E-state index is 0.0650. The maximum Gasteiger partial charge on any atom is 0.246 e. The molecule has 23 heavy (non-hydrogen) atoms. The van der Waals surface area contributed by atoms with E-state index in [0.29, 0.717) is 6.54 Å². The Morgan fingerprint density at radius 3 is 2.65 bits per heavy atom. The number of morpholine rings is 1. The molecule has 0 aliphatic carbocycles. The van der Waals surface area contributed by atoms with Crippen molar-refractivity contribution in [1.29, 1.82) is 0 Å². The van der Waals surface area contributed by atoms with Crippen molar-refractivity contribution in [1.82, 2.24) is 4.90 Å². The molecular weight excluding hydrogens is 290 g/mol. The molecule has 2 aliphatic rings. The highest BCUT2D eigenvalue weighted by molar-refractivity contribution is 5.92. The van der Waals surface area contributed by atoms with E-state index in [4.69, 9.17) is 10.5 Å². The van der Waals surface area contributed by atoms with Crippen LogP contribution < -0.4 is 10.6 Å². The largest absolute Gasteiger partial charge is 0.378 e. The van der Waals surface area contributed by atoms with E-state index in [2.05, 4.69) is 29.2 Å². The van der Waals surface area contributed by atoms with Crippen LogP contribution in [0.3, 0.4) is 0 Å². The average molecular weight is 315 g/mol. The van der Waals surface area contributed by atoms with Gasteiger partial charge in [-0.25, -0.2) is 0 Å². The van der Waals surface area contributed by atoms with Gasteiger partial charge in [0.05, 0.1) is 13.2 Å². The SMILES string of the molecule is NCC1CCCN1C(=O)/C=C/c1ccc(N2CCOCC2)cc1. The lowest BCUT2D eigenvalue weighted by molar-refractivity contribution is -0.126. The molecule has 2 saturated heterocycles. The summed E-state index contributed by atoms with van der Waals surface area (Å²) < 4.78 is 5.37. The number of ether oxygens (including phenoxy) is 1. The highest BCUT2D eigenvalue weighted by Crippen LogP contribution is 2.19. The van der Waals surface area contributed by atoms with Crippen molar-refractivity contribution in [3.05, 3.63) is 35.9 Å². The van der Waals surface area contributed by atoms with Gasteiger partial charge in [-0.05, 0) is 36.6 Å².